The summed E-state index contributed by atoms with van der Waals surface area (Å²) in [6.45, 7) is 2.87. The molecule has 0 aliphatic carbocycles. The van der Waals surface area contributed by atoms with Gasteiger partial charge in [-0.1, -0.05) is 0 Å². The number of alkyl halides is 3. The summed E-state index contributed by atoms with van der Waals surface area (Å²) in [5.74, 6) is -0.0909. The highest BCUT2D eigenvalue weighted by Gasteiger charge is 2.27. The standard InChI is InChI=1S/C11H19F3N2O/c1-9(15-6-5-11(12,13)14)10(17)16-7-3-2-4-8-16/h9,15H,2-8H2,1H3. The molecule has 100 valence electrons. The first-order valence-electron chi connectivity index (χ1n) is 5.99. The van der Waals surface area contributed by atoms with Crippen molar-refractivity contribution in [3.8, 4) is 0 Å². The molecule has 0 radical (unpaired) electrons. The molecule has 0 spiro atoms. The van der Waals surface area contributed by atoms with E-state index >= 15 is 0 Å². The number of rotatable bonds is 4. The molecule has 3 nitrogen and oxygen atoms in total. The van der Waals surface area contributed by atoms with Gasteiger partial charge < -0.3 is 10.2 Å². The summed E-state index contributed by atoms with van der Waals surface area (Å²) < 4.78 is 35.8. The van der Waals surface area contributed by atoms with Gasteiger partial charge in [0.15, 0.2) is 0 Å². The maximum Gasteiger partial charge on any atom is 0.390 e. The molecule has 1 rings (SSSR count). The van der Waals surface area contributed by atoms with Gasteiger partial charge in [-0.15, -0.1) is 0 Å². The highest BCUT2D eigenvalue weighted by atomic mass is 19.4. The average Bonchev–Trinajstić information content (AvgIpc) is 2.27. The molecule has 1 heterocycles. The number of piperidine rings is 1. The lowest BCUT2D eigenvalue weighted by Crippen LogP contribution is -2.47. The number of amides is 1. The second-order valence-electron chi connectivity index (χ2n) is 4.43. The molecular formula is C11H19F3N2O. The minimum atomic E-state index is -4.17. The second kappa shape index (κ2) is 6.23. The molecule has 0 aromatic heterocycles. The molecule has 1 aliphatic heterocycles. The molecule has 1 amide bonds. The van der Waals surface area contributed by atoms with Crippen molar-refractivity contribution in [1.82, 2.24) is 10.2 Å². The van der Waals surface area contributed by atoms with Gasteiger partial charge in [0.25, 0.3) is 0 Å². The molecule has 1 atom stereocenters. The lowest BCUT2D eigenvalue weighted by molar-refractivity contribution is -0.138. The van der Waals surface area contributed by atoms with Crippen LogP contribution in [-0.2, 0) is 4.79 Å². The Kier molecular flexibility index (Phi) is 5.24. The molecule has 17 heavy (non-hydrogen) atoms. The Hall–Kier alpha value is -0.780. The number of hydrogen-bond acceptors (Lipinski definition) is 2. The first kappa shape index (κ1) is 14.3. The Bertz CT molecular complexity index is 250. The summed E-state index contributed by atoms with van der Waals surface area (Å²) in [6.07, 6.45) is -1.97. The summed E-state index contributed by atoms with van der Waals surface area (Å²) in [7, 11) is 0. The summed E-state index contributed by atoms with van der Waals surface area (Å²) in [6, 6.07) is -0.532. The van der Waals surface area contributed by atoms with Crippen LogP contribution in [0.15, 0.2) is 0 Å². The first-order chi connectivity index (χ1) is 7.90. The van der Waals surface area contributed by atoms with Gasteiger partial charge in [-0.2, -0.15) is 13.2 Å². The molecule has 0 saturated carbocycles. The number of likely N-dealkylation sites (tertiary alicyclic amines) is 1. The highest BCUT2D eigenvalue weighted by molar-refractivity contribution is 5.81. The summed E-state index contributed by atoms with van der Waals surface area (Å²) in [4.78, 5) is 13.6. The van der Waals surface area contributed by atoms with Crippen molar-refractivity contribution in [3.63, 3.8) is 0 Å². The van der Waals surface area contributed by atoms with Crippen molar-refractivity contribution in [2.75, 3.05) is 19.6 Å². The van der Waals surface area contributed by atoms with Crippen molar-refractivity contribution in [3.05, 3.63) is 0 Å². The van der Waals surface area contributed by atoms with Crippen LogP contribution in [-0.4, -0.2) is 42.7 Å². The van der Waals surface area contributed by atoms with Crippen molar-refractivity contribution >= 4 is 5.91 Å². The molecule has 6 heteroatoms. The first-order valence-corrected chi connectivity index (χ1v) is 5.99. The molecule has 0 aromatic carbocycles. The molecular weight excluding hydrogens is 233 g/mol. The van der Waals surface area contributed by atoms with E-state index in [1.807, 2.05) is 0 Å². The molecule has 0 bridgehead atoms. The van der Waals surface area contributed by atoms with Crippen molar-refractivity contribution in [2.24, 2.45) is 0 Å². The lowest BCUT2D eigenvalue weighted by Gasteiger charge is -2.29. The third kappa shape index (κ3) is 5.39. The van der Waals surface area contributed by atoms with E-state index in [2.05, 4.69) is 5.32 Å². The van der Waals surface area contributed by atoms with Crippen LogP contribution in [0, 0.1) is 0 Å². The van der Waals surface area contributed by atoms with Gasteiger partial charge in [-0.3, -0.25) is 4.79 Å². The SMILES string of the molecule is CC(NCCC(F)(F)F)C(=O)N1CCCCC1. The number of nitrogens with zero attached hydrogens (tertiary/aromatic N) is 1. The number of carbonyl (C=O) groups is 1. The Labute approximate surface area is 99.4 Å². The van der Waals surface area contributed by atoms with E-state index in [4.69, 9.17) is 0 Å². The quantitative estimate of drug-likeness (QED) is 0.829. The predicted molar refractivity (Wildman–Crippen MR) is 58.6 cm³/mol. The van der Waals surface area contributed by atoms with E-state index < -0.39 is 18.6 Å². The third-order valence-corrected chi connectivity index (χ3v) is 2.90. The van der Waals surface area contributed by atoms with E-state index in [-0.39, 0.29) is 12.5 Å². The molecule has 1 N–H and O–H groups in total. The topological polar surface area (TPSA) is 32.3 Å². The van der Waals surface area contributed by atoms with Crippen LogP contribution >= 0.6 is 0 Å². The number of carbonyl (C=O) groups excluding carboxylic acids is 1. The smallest absolute Gasteiger partial charge is 0.341 e. The minimum Gasteiger partial charge on any atom is -0.341 e. The maximum atomic E-state index is 11.9. The Morgan fingerprint density at radius 3 is 2.41 bits per heavy atom. The Balaban J connectivity index is 2.26. The van der Waals surface area contributed by atoms with Crippen LogP contribution in [0.25, 0.3) is 0 Å². The summed E-state index contributed by atoms with van der Waals surface area (Å²) >= 11 is 0. The average molecular weight is 252 g/mol. The number of nitrogens with one attached hydrogen (secondary N) is 1. The Morgan fingerprint density at radius 1 is 1.29 bits per heavy atom. The maximum absolute atomic E-state index is 11.9. The van der Waals surface area contributed by atoms with Gasteiger partial charge in [-0.05, 0) is 26.2 Å². The molecule has 0 aromatic rings. The Morgan fingerprint density at radius 2 is 1.88 bits per heavy atom. The van der Waals surface area contributed by atoms with Crippen LogP contribution in [0.4, 0.5) is 13.2 Å². The van der Waals surface area contributed by atoms with E-state index in [0.717, 1.165) is 32.4 Å². The largest absolute Gasteiger partial charge is 0.390 e. The summed E-state index contributed by atoms with van der Waals surface area (Å²) in [5, 5.41) is 2.63. The zero-order chi connectivity index (χ0) is 12.9. The molecule has 1 fully saturated rings. The fourth-order valence-electron chi connectivity index (χ4n) is 1.91. The van der Waals surface area contributed by atoms with Gasteiger partial charge in [0, 0.05) is 19.6 Å². The normalized spacial score (nSPS) is 19.2. The van der Waals surface area contributed by atoms with Crippen LogP contribution in [0.5, 0.6) is 0 Å². The van der Waals surface area contributed by atoms with Crippen molar-refractivity contribution < 1.29 is 18.0 Å². The highest BCUT2D eigenvalue weighted by Crippen LogP contribution is 2.18. The van der Waals surface area contributed by atoms with Crippen molar-refractivity contribution in [1.29, 1.82) is 0 Å². The monoisotopic (exact) mass is 252 g/mol. The van der Waals surface area contributed by atoms with E-state index in [0.29, 0.717) is 0 Å². The zero-order valence-corrected chi connectivity index (χ0v) is 10.0. The van der Waals surface area contributed by atoms with E-state index in [1.165, 1.54) is 0 Å². The predicted octanol–water partition coefficient (Wildman–Crippen LogP) is 1.93. The molecule has 1 saturated heterocycles. The zero-order valence-electron chi connectivity index (χ0n) is 10.0. The number of halogens is 3. The van der Waals surface area contributed by atoms with E-state index in [9.17, 15) is 18.0 Å². The van der Waals surface area contributed by atoms with Crippen LogP contribution in [0.3, 0.4) is 0 Å². The van der Waals surface area contributed by atoms with Gasteiger partial charge in [-0.25, -0.2) is 0 Å². The fourth-order valence-corrected chi connectivity index (χ4v) is 1.91. The van der Waals surface area contributed by atoms with Gasteiger partial charge >= 0.3 is 6.18 Å². The van der Waals surface area contributed by atoms with Crippen LogP contribution in [0.2, 0.25) is 0 Å². The van der Waals surface area contributed by atoms with Gasteiger partial charge in [0.05, 0.1) is 12.5 Å². The van der Waals surface area contributed by atoms with E-state index in [1.54, 1.807) is 11.8 Å². The summed E-state index contributed by atoms with van der Waals surface area (Å²) in [5.41, 5.74) is 0. The van der Waals surface area contributed by atoms with Gasteiger partial charge in [0.2, 0.25) is 5.91 Å². The lowest BCUT2D eigenvalue weighted by atomic mass is 10.1. The molecule has 1 aliphatic rings. The minimum absolute atomic E-state index is 0.0909. The van der Waals surface area contributed by atoms with Gasteiger partial charge in [0.1, 0.15) is 0 Å². The third-order valence-electron chi connectivity index (χ3n) is 2.90. The van der Waals surface area contributed by atoms with Crippen molar-refractivity contribution in [2.45, 2.75) is 44.8 Å². The molecule has 1 unspecified atom stereocenters. The number of hydrogen-bond donors (Lipinski definition) is 1. The van der Waals surface area contributed by atoms with Crippen LogP contribution in [0.1, 0.15) is 32.6 Å². The van der Waals surface area contributed by atoms with Crippen LogP contribution < -0.4 is 5.32 Å². The second-order valence-corrected chi connectivity index (χ2v) is 4.43. The fraction of sp³-hybridized carbons (Fsp3) is 0.909.